The lowest BCUT2D eigenvalue weighted by molar-refractivity contribution is 0.414. The van der Waals surface area contributed by atoms with Crippen LogP contribution >= 0.6 is 0 Å². The molecule has 0 unspecified atom stereocenters. The van der Waals surface area contributed by atoms with E-state index in [0.717, 1.165) is 17.0 Å². The Morgan fingerprint density at radius 3 is 2.38 bits per heavy atom. The van der Waals surface area contributed by atoms with Crippen molar-refractivity contribution in [2.75, 3.05) is 14.2 Å². The van der Waals surface area contributed by atoms with Crippen molar-refractivity contribution in [3.63, 3.8) is 0 Å². The van der Waals surface area contributed by atoms with Gasteiger partial charge in [0.15, 0.2) is 0 Å². The number of aromatic nitrogens is 3. The van der Waals surface area contributed by atoms with Gasteiger partial charge in [-0.15, -0.1) is 0 Å². The molecule has 1 heterocycles. The summed E-state index contributed by atoms with van der Waals surface area (Å²) in [6.07, 6.45) is 0. The van der Waals surface area contributed by atoms with Gasteiger partial charge in [-0.25, -0.2) is 14.0 Å². The number of benzene rings is 2. The minimum Gasteiger partial charge on any atom is -0.497 e. The van der Waals surface area contributed by atoms with Crippen LogP contribution in [0.5, 0.6) is 11.5 Å². The van der Waals surface area contributed by atoms with Gasteiger partial charge in [-0.3, -0.25) is 0 Å². The molecule has 6 heteroatoms. The molecule has 3 aromatic rings. The van der Waals surface area contributed by atoms with E-state index in [0.29, 0.717) is 18.1 Å². The van der Waals surface area contributed by atoms with E-state index in [1.54, 1.807) is 18.8 Å². The first-order valence-electron chi connectivity index (χ1n) is 7.56. The molecule has 0 amide bonds. The summed E-state index contributed by atoms with van der Waals surface area (Å²) in [5, 5.41) is 4.37. The molecule has 24 heavy (non-hydrogen) atoms. The predicted octanol–water partition coefficient (Wildman–Crippen LogP) is 2.41. The van der Waals surface area contributed by atoms with Gasteiger partial charge in [0.2, 0.25) is 0 Å². The van der Waals surface area contributed by atoms with Crippen molar-refractivity contribution in [2.24, 2.45) is 0 Å². The highest BCUT2D eigenvalue weighted by Crippen LogP contribution is 2.16. The zero-order valence-corrected chi connectivity index (χ0v) is 13.9. The Hall–Kier alpha value is -3.02. The van der Waals surface area contributed by atoms with Crippen LogP contribution in [0, 0.1) is 6.92 Å². The van der Waals surface area contributed by atoms with Crippen LogP contribution in [0.2, 0.25) is 0 Å². The molecule has 0 aliphatic carbocycles. The standard InChI is InChI=1S/C18H19N3O3/c1-13-19-20(12-14-7-9-16(23-2)10-8-14)18(22)21(13)15-5-4-6-17(11-15)24-3/h4-11H,12H2,1-3H3. The molecular weight excluding hydrogens is 306 g/mol. The Kier molecular flexibility index (Phi) is 4.37. The summed E-state index contributed by atoms with van der Waals surface area (Å²) in [4.78, 5) is 12.7. The maximum atomic E-state index is 12.7. The fourth-order valence-corrected chi connectivity index (χ4v) is 2.57. The maximum Gasteiger partial charge on any atom is 0.350 e. The van der Waals surface area contributed by atoms with E-state index in [2.05, 4.69) is 5.10 Å². The van der Waals surface area contributed by atoms with Crippen LogP contribution in [0.4, 0.5) is 0 Å². The van der Waals surface area contributed by atoms with Crippen LogP contribution < -0.4 is 15.2 Å². The lowest BCUT2D eigenvalue weighted by Crippen LogP contribution is -2.24. The van der Waals surface area contributed by atoms with E-state index in [4.69, 9.17) is 9.47 Å². The number of aryl methyl sites for hydroxylation is 1. The van der Waals surface area contributed by atoms with E-state index in [9.17, 15) is 4.79 Å². The van der Waals surface area contributed by atoms with Crippen molar-refractivity contribution in [1.82, 2.24) is 14.3 Å². The van der Waals surface area contributed by atoms with E-state index in [1.807, 2.05) is 55.5 Å². The molecule has 0 radical (unpaired) electrons. The van der Waals surface area contributed by atoms with Gasteiger partial charge in [-0.2, -0.15) is 5.10 Å². The van der Waals surface area contributed by atoms with E-state index in [1.165, 1.54) is 4.68 Å². The minimum atomic E-state index is -0.184. The van der Waals surface area contributed by atoms with Crippen LogP contribution in [-0.4, -0.2) is 28.6 Å². The molecule has 0 saturated carbocycles. The van der Waals surface area contributed by atoms with Crippen molar-refractivity contribution in [3.05, 3.63) is 70.4 Å². The summed E-state index contributed by atoms with van der Waals surface area (Å²) in [6, 6.07) is 14.9. The molecule has 0 N–H and O–H groups in total. The Morgan fingerprint density at radius 1 is 1.00 bits per heavy atom. The third-order valence-corrected chi connectivity index (χ3v) is 3.80. The molecule has 0 bridgehead atoms. The molecular formula is C18H19N3O3. The van der Waals surface area contributed by atoms with Crippen LogP contribution in [0.1, 0.15) is 11.4 Å². The normalized spacial score (nSPS) is 10.6. The SMILES string of the molecule is COc1ccc(Cn2nc(C)n(-c3cccc(OC)c3)c2=O)cc1. The first-order valence-corrected chi connectivity index (χ1v) is 7.56. The average molecular weight is 325 g/mol. The van der Waals surface area contributed by atoms with Crippen molar-refractivity contribution in [2.45, 2.75) is 13.5 Å². The van der Waals surface area contributed by atoms with E-state index in [-0.39, 0.29) is 5.69 Å². The molecule has 2 aromatic carbocycles. The fraction of sp³-hybridized carbons (Fsp3) is 0.222. The number of hydrogen-bond acceptors (Lipinski definition) is 4. The lowest BCUT2D eigenvalue weighted by atomic mass is 10.2. The van der Waals surface area contributed by atoms with Gasteiger partial charge in [0, 0.05) is 6.07 Å². The average Bonchev–Trinajstić information content (AvgIpc) is 2.89. The third-order valence-electron chi connectivity index (χ3n) is 3.80. The van der Waals surface area contributed by atoms with Crippen LogP contribution in [0.3, 0.4) is 0 Å². The number of ether oxygens (including phenoxy) is 2. The second kappa shape index (κ2) is 6.62. The van der Waals surface area contributed by atoms with Crippen LogP contribution in [0.25, 0.3) is 5.69 Å². The molecule has 1 aromatic heterocycles. The van der Waals surface area contributed by atoms with Gasteiger partial charge in [-0.1, -0.05) is 18.2 Å². The quantitative estimate of drug-likeness (QED) is 0.723. The van der Waals surface area contributed by atoms with Crippen molar-refractivity contribution < 1.29 is 9.47 Å². The summed E-state index contributed by atoms with van der Waals surface area (Å²) in [5.41, 5.74) is 1.53. The summed E-state index contributed by atoms with van der Waals surface area (Å²) >= 11 is 0. The molecule has 0 aliphatic heterocycles. The Labute approximate surface area is 139 Å². The molecule has 3 rings (SSSR count). The molecule has 0 fully saturated rings. The minimum absolute atomic E-state index is 0.184. The van der Waals surface area contributed by atoms with Gasteiger partial charge in [-0.05, 0) is 36.8 Å². The van der Waals surface area contributed by atoms with Crippen LogP contribution in [0.15, 0.2) is 53.3 Å². The first kappa shape index (κ1) is 15.9. The second-order valence-electron chi connectivity index (χ2n) is 5.37. The Balaban J connectivity index is 1.95. The number of nitrogens with zero attached hydrogens (tertiary/aromatic N) is 3. The van der Waals surface area contributed by atoms with E-state index >= 15 is 0 Å². The molecule has 0 saturated heterocycles. The smallest absolute Gasteiger partial charge is 0.350 e. The van der Waals surface area contributed by atoms with E-state index < -0.39 is 0 Å². The predicted molar refractivity (Wildman–Crippen MR) is 91.2 cm³/mol. The molecule has 6 nitrogen and oxygen atoms in total. The number of methoxy groups -OCH3 is 2. The van der Waals surface area contributed by atoms with Crippen molar-refractivity contribution in [1.29, 1.82) is 0 Å². The Bertz CT molecular complexity index is 895. The van der Waals surface area contributed by atoms with Gasteiger partial charge >= 0.3 is 5.69 Å². The summed E-state index contributed by atoms with van der Waals surface area (Å²) in [7, 11) is 3.22. The van der Waals surface area contributed by atoms with Gasteiger partial charge < -0.3 is 9.47 Å². The van der Waals surface area contributed by atoms with Gasteiger partial charge in [0.25, 0.3) is 0 Å². The zero-order valence-electron chi connectivity index (χ0n) is 13.9. The number of hydrogen-bond donors (Lipinski definition) is 0. The highest BCUT2D eigenvalue weighted by atomic mass is 16.5. The maximum absolute atomic E-state index is 12.7. The fourth-order valence-electron chi connectivity index (χ4n) is 2.57. The van der Waals surface area contributed by atoms with Crippen molar-refractivity contribution in [3.8, 4) is 17.2 Å². The van der Waals surface area contributed by atoms with Gasteiger partial charge in [0.1, 0.15) is 17.3 Å². The molecule has 0 aliphatic rings. The zero-order chi connectivity index (χ0) is 17.1. The number of rotatable bonds is 5. The second-order valence-corrected chi connectivity index (χ2v) is 5.37. The van der Waals surface area contributed by atoms with Gasteiger partial charge in [0.05, 0.1) is 26.5 Å². The topological polar surface area (TPSA) is 58.3 Å². The summed E-state index contributed by atoms with van der Waals surface area (Å²) < 4.78 is 13.4. The van der Waals surface area contributed by atoms with Crippen LogP contribution in [-0.2, 0) is 6.54 Å². The molecule has 124 valence electrons. The first-order chi connectivity index (χ1) is 11.6. The highest BCUT2D eigenvalue weighted by molar-refractivity contribution is 5.39. The monoisotopic (exact) mass is 325 g/mol. The summed E-state index contributed by atoms with van der Waals surface area (Å²) in [6.45, 7) is 2.21. The lowest BCUT2D eigenvalue weighted by Gasteiger charge is -2.05. The Morgan fingerprint density at radius 2 is 1.71 bits per heavy atom. The molecule has 0 atom stereocenters. The largest absolute Gasteiger partial charge is 0.497 e. The highest BCUT2D eigenvalue weighted by Gasteiger charge is 2.12. The third kappa shape index (κ3) is 3.03. The molecule has 0 spiro atoms. The summed E-state index contributed by atoms with van der Waals surface area (Å²) in [5.74, 6) is 2.10. The van der Waals surface area contributed by atoms with Crippen molar-refractivity contribution >= 4 is 0 Å².